The van der Waals surface area contributed by atoms with Crippen molar-refractivity contribution in [3.05, 3.63) is 60.2 Å². The Bertz CT molecular complexity index is 792. The minimum absolute atomic E-state index is 0.0258. The quantitative estimate of drug-likeness (QED) is 0.310. The topological polar surface area (TPSA) is 75.2 Å². The number of nitrogens with one attached hydrogen (secondary N) is 2. The summed E-state index contributed by atoms with van der Waals surface area (Å²) in [6, 6.07) is 17.8. The summed E-state index contributed by atoms with van der Waals surface area (Å²) in [5.41, 5.74) is 1.14. The lowest BCUT2D eigenvalue weighted by Gasteiger charge is -2.13. The smallest absolute Gasteiger partial charge is 0.243 e. The van der Waals surface area contributed by atoms with Gasteiger partial charge in [0.05, 0.1) is 6.61 Å². The summed E-state index contributed by atoms with van der Waals surface area (Å²) in [5, 5.41) is 6.39. The number of ether oxygens (including phenoxy) is 2. The van der Waals surface area contributed by atoms with E-state index >= 15 is 0 Å². The third-order valence-corrected chi connectivity index (χ3v) is 4.42. The molecule has 0 fully saturated rings. The normalized spacial score (nSPS) is 11.0. The molecule has 0 unspecified atom stereocenters. The fraction of sp³-hybridized carbons (Fsp3) is 0.417. The van der Waals surface area contributed by atoms with Gasteiger partial charge in [-0.2, -0.15) is 0 Å². The molecule has 0 atom stereocenters. The maximum absolute atomic E-state index is 11.7. The number of hydrogen-bond acceptors (Lipinski definition) is 4. The van der Waals surface area contributed by atoms with Gasteiger partial charge in [-0.3, -0.25) is 4.79 Å². The minimum atomic E-state index is -0.0258. The molecule has 2 N–H and O–H groups in total. The fourth-order valence-electron chi connectivity index (χ4n) is 2.63. The molecule has 31 heavy (non-hydrogen) atoms. The number of likely N-dealkylation sites (N-methyl/N-ethyl adjacent to an activating group) is 1. The maximum atomic E-state index is 11.7. The van der Waals surface area contributed by atoms with Crippen molar-refractivity contribution < 1.29 is 14.3 Å². The molecule has 1 amide bonds. The van der Waals surface area contributed by atoms with E-state index in [9.17, 15) is 4.79 Å². The second-order valence-corrected chi connectivity index (χ2v) is 7.21. The number of carbonyl (C=O) groups excluding carboxylic acids is 1. The summed E-state index contributed by atoms with van der Waals surface area (Å²) < 4.78 is 11.6. The summed E-state index contributed by atoms with van der Waals surface area (Å²) in [7, 11) is 3.45. The zero-order valence-electron chi connectivity index (χ0n) is 18.8. The van der Waals surface area contributed by atoms with Gasteiger partial charge in [0.25, 0.3) is 0 Å². The monoisotopic (exact) mass is 426 g/mol. The second kappa shape index (κ2) is 13.9. The molecule has 0 spiro atoms. The Hall–Kier alpha value is -3.22. The first kappa shape index (κ1) is 24.1. The van der Waals surface area contributed by atoms with E-state index in [0.29, 0.717) is 19.2 Å². The van der Waals surface area contributed by atoms with Crippen LogP contribution in [0.5, 0.6) is 11.5 Å². The summed E-state index contributed by atoms with van der Waals surface area (Å²) in [6.45, 7) is 4.83. The highest BCUT2D eigenvalue weighted by molar-refractivity contribution is 5.84. The Morgan fingerprint density at radius 1 is 0.935 bits per heavy atom. The highest BCUT2D eigenvalue weighted by Crippen LogP contribution is 2.19. The zero-order chi connectivity index (χ0) is 22.3. The number of carbonyl (C=O) groups is 1. The first-order valence-corrected chi connectivity index (χ1v) is 10.7. The lowest BCUT2D eigenvalue weighted by Crippen LogP contribution is -2.38. The van der Waals surface area contributed by atoms with Crippen molar-refractivity contribution >= 4 is 11.9 Å². The van der Waals surface area contributed by atoms with E-state index in [1.54, 1.807) is 14.1 Å². The predicted octanol–water partition coefficient (Wildman–Crippen LogP) is 3.07. The Morgan fingerprint density at radius 3 is 2.26 bits per heavy atom. The Labute approximate surface area is 185 Å². The van der Waals surface area contributed by atoms with E-state index in [1.165, 1.54) is 4.90 Å². The van der Waals surface area contributed by atoms with Gasteiger partial charge in [-0.15, -0.1) is 0 Å². The van der Waals surface area contributed by atoms with E-state index in [4.69, 9.17) is 9.47 Å². The zero-order valence-corrected chi connectivity index (χ0v) is 18.8. The third kappa shape index (κ3) is 9.89. The highest BCUT2D eigenvalue weighted by Gasteiger charge is 2.04. The van der Waals surface area contributed by atoms with Gasteiger partial charge >= 0.3 is 0 Å². The van der Waals surface area contributed by atoms with Crippen LogP contribution in [-0.2, 0) is 11.4 Å². The molecule has 2 aromatic carbocycles. The van der Waals surface area contributed by atoms with Gasteiger partial charge in [-0.1, -0.05) is 30.3 Å². The number of aliphatic imine (C=N–C) groups is 1. The van der Waals surface area contributed by atoms with Crippen LogP contribution in [0.2, 0.25) is 0 Å². The number of nitrogens with zero attached hydrogens (tertiary/aromatic N) is 2. The van der Waals surface area contributed by atoms with Gasteiger partial charge < -0.3 is 25.0 Å². The van der Waals surface area contributed by atoms with Crippen molar-refractivity contribution in [2.24, 2.45) is 4.99 Å². The number of hydrogen-bond donors (Lipinski definition) is 2. The Kier molecular flexibility index (Phi) is 10.8. The molecule has 0 bridgehead atoms. The van der Waals surface area contributed by atoms with Crippen molar-refractivity contribution in [2.45, 2.75) is 26.4 Å². The first-order valence-electron chi connectivity index (χ1n) is 10.7. The van der Waals surface area contributed by atoms with Crippen LogP contribution in [0, 0.1) is 0 Å². The fourth-order valence-corrected chi connectivity index (χ4v) is 2.63. The summed E-state index contributed by atoms with van der Waals surface area (Å²) in [6.07, 6.45) is 1.85. The molecule has 0 aliphatic heterocycles. The van der Waals surface area contributed by atoms with Crippen molar-refractivity contribution in [1.82, 2.24) is 15.5 Å². The van der Waals surface area contributed by atoms with Gasteiger partial charge in [0.2, 0.25) is 5.91 Å². The largest absolute Gasteiger partial charge is 0.494 e. The van der Waals surface area contributed by atoms with Crippen LogP contribution in [-0.4, -0.2) is 57.1 Å². The first-order chi connectivity index (χ1) is 15.1. The second-order valence-electron chi connectivity index (χ2n) is 7.21. The van der Waals surface area contributed by atoms with Crippen LogP contribution in [0.4, 0.5) is 0 Å². The average molecular weight is 427 g/mol. The SMILES string of the molecule is CCNC(=NCC(=O)N(C)C)NCCCCOc1ccc(OCc2ccccc2)cc1. The van der Waals surface area contributed by atoms with Gasteiger partial charge in [0.1, 0.15) is 24.7 Å². The molecule has 0 aliphatic carbocycles. The van der Waals surface area contributed by atoms with E-state index < -0.39 is 0 Å². The van der Waals surface area contributed by atoms with Gasteiger partial charge in [-0.05, 0) is 49.6 Å². The van der Waals surface area contributed by atoms with Crippen molar-refractivity contribution in [1.29, 1.82) is 0 Å². The third-order valence-electron chi connectivity index (χ3n) is 4.42. The van der Waals surface area contributed by atoms with Crippen molar-refractivity contribution in [2.75, 3.05) is 40.3 Å². The molecular formula is C24H34N4O3. The predicted molar refractivity (Wildman–Crippen MR) is 125 cm³/mol. The molecule has 7 heteroatoms. The summed E-state index contributed by atoms with van der Waals surface area (Å²) in [4.78, 5) is 17.5. The summed E-state index contributed by atoms with van der Waals surface area (Å²) in [5.74, 6) is 2.28. The van der Waals surface area contributed by atoms with Crippen molar-refractivity contribution in [3.8, 4) is 11.5 Å². The number of unbranched alkanes of at least 4 members (excludes halogenated alkanes) is 1. The van der Waals surface area contributed by atoms with Gasteiger partial charge in [-0.25, -0.2) is 4.99 Å². The van der Waals surface area contributed by atoms with Crippen LogP contribution in [0.15, 0.2) is 59.6 Å². The van der Waals surface area contributed by atoms with Crippen LogP contribution in [0.1, 0.15) is 25.3 Å². The van der Waals surface area contributed by atoms with E-state index in [0.717, 1.165) is 43.0 Å². The number of guanidine groups is 1. The van der Waals surface area contributed by atoms with E-state index in [2.05, 4.69) is 15.6 Å². The van der Waals surface area contributed by atoms with Crippen LogP contribution in [0.3, 0.4) is 0 Å². The lowest BCUT2D eigenvalue weighted by atomic mass is 10.2. The molecule has 0 aliphatic rings. The standard InChI is InChI=1S/C24H34N4O3/c1-4-25-24(27-18-23(29)28(2)3)26-16-8-9-17-30-21-12-14-22(15-13-21)31-19-20-10-6-5-7-11-20/h5-7,10-15H,4,8-9,16-19H2,1-3H3,(H2,25,26,27). The molecule has 0 saturated heterocycles. The Balaban J connectivity index is 1.62. The van der Waals surface area contributed by atoms with Gasteiger partial charge in [0.15, 0.2) is 5.96 Å². The highest BCUT2D eigenvalue weighted by atomic mass is 16.5. The van der Waals surface area contributed by atoms with Crippen LogP contribution < -0.4 is 20.1 Å². The summed E-state index contributed by atoms with van der Waals surface area (Å²) >= 11 is 0. The molecule has 0 aromatic heterocycles. The minimum Gasteiger partial charge on any atom is -0.494 e. The number of rotatable bonds is 12. The Morgan fingerprint density at radius 2 is 1.61 bits per heavy atom. The molecule has 0 saturated carbocycles. The molecule has 0 radical (unpaired) electrons. The maximum Gasteiger partial charge on any atom is 0.243 e. The van der Waals surface area contributed by atoms with Gasteiger partial charge in [0, 0.05) is 27.2 Å². The van der Waals surface area contributed by atoms with E-state index in [1.807, 2.05) is 61.5 Å². The molecular weight excluding hydrogens is 392 g/mol. The lowest BCUT2D eigenvalue weighted by molar-refractivity contribution is -0.127. The molecule has 168 valence electrons. The van der Waals surface area contributed by atoms with Crippen LogP contribution in [0.25, 0.3) is 0 Å². The number of amides is 1. The molecule has 2 aromatic rings. The average Bonchev–Trinajstić information content (AvgIpc) is 2.79. The molecule has 0 heterocycles. The van der Waals surface area contributed by atoms with Crippen molar-refractivity contribution in [3.63, 3.8) is 0 Å². The van der Waals surface area contributed by atoms with Crippen LogP contribution >= 0.6 is 0 Å². The molecule has 2 rings (SSSR count). The molecule has 7 nitrogen and oxygen atoms in total. The van der Waals surface area contributed by atoms with E-state index in [-0.39, 0.29) is 12.5 Å². The number of benzene rings is 2.